The summed E-state index contributed by atoms with van der Waals surface area (Å²) >= 11 is 5.88. The largest absolute Gasteiger partial charge is 0.204 e. The zero-order valence-corrected chi connectivity index (χ0v) is 8.35. The molecule has 2 rings (SSSR count). The minimum absolute atomic E-state index is 0.392. The van der Waals surface area contributed by atoms with Crippen molar-refractivity contribution in [3.05, 3.63) is 59.1 Å². The van der Waals surface area contributed by atoms with Crippen LogP contribution in [-0.4, -0.2) is 0 Å². The van der Waals surface area contributed by atoms with Crippen LogP contribution < -0.4 is 0 Å². The van der Waals surface area contributed by atoms with Crippen molar-refractivity contribution in [2.75, 3.05) is 0 Å². The summed E-state index contributed by atoms with van der Waals surface area (Å²) in [5.41, 5.74) is 1.17. The van der Waals surface area contributed by atoms with Gasteiger partial charge in [0, 0.05) is 11.6 Å². The Morgan fingerprint density at radius 3 is 2.53 bits per heavy atom. The average molecular weight is 224 g/mol. The predicted molar refractivity (Wildman–Crippen MR) is 55.6 cm³/mol. The number of halogens is 3. The standard InChI is InChI=1S/C12H6ClF2/c13-10-4-2-1-3-9(10)8-5-6-11(14)12(15)7-8/h1-3,5-7H. The monoisotopic (exact) mass is 223 g/mol. The van der Waals surface area contributed by atoms with E-state index in [1.54, 1.807) is 18.2 Å². The first-order valence-corrected chi connectivity index (χ1v) is 4.68. The van der Waals surface area contributed by atoms with Gasteiger partial charge in [0.15, 0.2) is 11.6 Å². The Morgan fingerprint density at radius 2 is 1.87 bits per heavy atom. The molecule has 75 valence electrons. The van der Waals surface area contributed by atoms with E-state index in [4.69, 9.17) is 11.6 Å². The Morgan fingerprint density at radius 1 is 1.07 bits per heavy atom. The van der Waals surface area contributed by atoms with Crippen molar-refractivity contribution in [2.24, 2.45) is 0 Å². The van der Waals surface area contributed by atoms with Crippen molar-refractivity contribution in [1.82, 2.24) is 0 Å². The zero-order chi connectivity index (χ0) is 10.8. The van der Waals surface area contributed by atoms with Crippen LogP contribution >= 0.6 is 11.6 Å². The number of rotatable bonds is 1. The zero-order valence-electron chi connectivity index (χ0n) is 7.60. The van der Waals surface area contributed by atoms with Crippen LogP contribution in [0.1, 0.15) is 0 Å². The molecule has 0 aliphatic rings. The van der Waals surface area contributed by atoms with E-state index in [2.05, 4.69) is 6.07 Å². The van der Waals surface area contributed by atoms with Crippen LogP contribution in [0.4, 0.5) is 8.78 Å². The van der Waals surface area contributed by atoms with E-state index in [9.17, 15) is 8.78 Å². The molecule has 0 amide bonds. The molecule has 3 heteroatoms. The van der Waals surface area contributed by atoms with Gasteiger partial charge in [-0.3, -0.25) is 0 Å². The van der Waals surface area contributed by atoms with Crippen LogP contribution in [0.3, 0.4) is 0 Å². The fourth-order valence-electron chi connectivity index (χ4n) is 1.30. The van der Waals surface area contributed by atoms with Crippen LogP contribution in [0.15, 0.2) is 36.4 Å². The molecule has 0 bridgehead atoms. The second-order valence-electron chi connectivity index (χ2n) is 3.03. The molecule has 0 saturated heterocycles. The van der Waals surface area contributed by atoms with Crippen molar-refractivity contribution >= 4 is 11.6 Å². The Bertz CT molecular complexity index is 495. The van der Waals surface area contributed by atoms with Crippen LogP contribution in [0.25, 0.3) is 11.1 Å². The molecule has 0 atom stereocenters. The maximum absolute atomic E-state index is 13.0. The van der Waals surface area contributed by atoms with Crippen molar-refractivity contribution in [1.29, 1.82) is 0 Å². The van der Waals surface area contributed by atoms with E-state index >= 15 is 0 Å². The van der Waals surface area contributed by atoms with Gasteiger partial charge in [-0.05, 0) is 17.7 Å². The molecule has 0 aromatic heterocycles. The van der Waals surface area contributed by atoms with Gasteiger partial charge >= 0.3 is 0 Å². The Hall–Kier alpha value is -1.41. The van der Waals surface area contributed by atoms with Gasteiger partial charge in [0.25, 0.3) is 0 Å². The first-order chi connectivity index (χ1) is 7.18. The summed E-state index contributed by atoms with van der Waals surface area (Å²) in [6.45, 7) is 0. The topological polar surface area (TPSA) is 0 Å². The molecule has 0 fully saturated rings. The highest BCUT2D eigenvalue weighted by molar-refractivity contribution is 6.33. The minimum atomic E-state index is -0.882. The van der Waals surface area contributed by atoms with Crippen LogP contribution in [-0.2, 0) is 0 Å². The molecule has 0 heterocycles. The van der Waals surface area contributed by atoms with Crippen molar-refractivity contribution in [2.45, 2.75) is 0 Å². The van der Waals surface area contributed by atoms with Crippen LogP contribution in [0, 0.1) is 17.7 Å². The summed E-state index contributed by atoms with van der Waals surface area (Å²) in [7, 11) is 0. The third kappa shape index (κ3) is 2.00. The smallest absolute Gasteiger partial charge is 0.159 e. The number of hydrogen-bond donors (Lipinski definition) is 0. The van der Waals surface area contributed by atoms with Crippen molar-refractivity contribution in [3.63, 3.8) is 0 Å². The Kier molecular flexibility index (Phi) is 2.69. The summed E-state index contributed by atoms with van der Waals surface area (Å²) < 4.78 is 25.7. The molecule has 0 aliphatic heterocycles. The maximum Gasteiger partial charge on any atom is 0.159 e. The lowest BCUT2D eigenvalue weighted by Gasteiger charge is -2.03. The first kappa shape index (κ1) is 10.1. The van der Waals surface area contributed by atoms with E-state index in [1.165, 1.54) is 6.07 Å². The molecular formula is C12H6ClF2. The fraction of sp³-hybridized carbons (Fsp3) is 0. The molecular weight excluding hydrogens is 218 g/mol. The summed E-state index contributed by atoms with van der Waals surface area (Å²) in [6.07, 6.45) is 0. The van der Waals surface area contributed by atoms with Gasteiger partial charge in [-0.15, -0.1) is 0 Å². The Balaban J connectivity index is 2.55. The molecule has 0 nitrogen and oxygen atoms in total. The minimum Gasteiger partial charge on any atom is -0.204 e. The van der Waals surface area contributed by atoms with Crippen LogP contribution in [0.2, 0.25) is 5.02 Å². The second kappa shape index (κ2) is 3.99. The Labute approximate surface area is 91.1 Å². The molecule has 1 radical (unpaired) electrons. The molecule has 0 N–H and O–H groups in total. The summed E-state index contributed by atoms with van der Waals surface area (Å²) in [5, 5.41) is 0.392. The van der Waals surface area contributed by atoms with Crippen molar-refractivity contribution < 1.29 is 8.78 Å². The van der Waals surface area contributed by atoms with Gasteiger partial charge in [-0.2, -0.15) is 0 Å². The first-order valence-electron chi connectivity index (χ1n) is 4.30. The van der Waals surface area contributed by atoms with E-state index < -0.39 is 11.6 Å². The van der Waals surface area contributed by atoms with E-state index in [-0.39, 0.29) is 0 Å². The third-order valence-electron chi connectivity index (χ3n) is 2.04. The molecule has 0 aliphatic carbocycles. The predicted octanol–water partition coefficient (Wildman–Crippen LogP) is 4.09. The van der Waals surface area contributed by atoms with Gasteiger partial charge in [0.1, 0.15) is 0 Å². The highest BCUT2D eigenvalue weighted by Crippen LogP contribution is 2.27. The van der Waals surface area contributed by atoms with Gasteiger partial charge < -0.3 is 0 Å². The lowest BCUT2D eigenvalue weighted by molar-refractivity contribution is 0.509. The van der Waals surface area contributed by atoms with Crippen LogP contribution in [0.5, 0.6) is 0 Å². The summed E-state index contributed by atoms with van der Waals surface area (Å²) in [6, 6.07) is 11.6. The van der Waals surface area contributed by atoms with Gasteiger partial charge in [-0.25, -0.2) is 8.78 Å². The number of hydrogen-bond acceptors (Lipinski definition) is 0. The number of benzene rings is 2. The second-order valence-corrected chi connectivity index (χ2v) is 3.40. The SMILES string of the molecule is Fc1ccc(-c2ccc[c]c2Cl)cc1F. The molecule has 0 spiro atoms. The van der Waals surface area contributed by atoms with Crippen molar-refractivity contribution in [3.8, 4) is 11.1 Å². The molecule has 0 saturated carbocycles. The molecule has 0 unspecified atom stereocenters. The lowest BCUT2D eigenvalue weighted by atomic mass is 10.1. The third-order valence-corrected chi connectivity index (χ3v) is 2.35. The lowest BCUT2D eigenvalue weighted by Crippen LogP contribution is -1.85. The molecule has 15 heavy (non-hydrogen) atoms. The average Bonchev–Trinajstić information content (AvgIpc) is 2.23. The van der Waals surface area contributed by atoms with E-state index in [0.717, 1.165) is 12.1 Å². The molecule has 2 aromatic carbocycles. The quantitative estimate of drug-likeness (QED) is 0.683. The van der Waals surface area contributed by atoms with Gasteiger partial charge in [0.05, 0.1) is 5.02 Å². The molecule has 2 aromatic rings. The fourth-order valence-corrected chi connectivity index (χ4v) is 1.54. The summed E-state index contributed by atoms with van der Waals surface area (Å²) in [5.74, 6) is -1.75. The van der Waals surface area contributed by atoms with Gasteiger partial charge in [-0.1, -0.05) is 35.9 Å². The van der Waals surface area contributed by atoms with E-state index in [0.29, 0.717) is 16.1 Å². The van der Waals surface area contributed by atoms with E-state index in [1.807, 2.05) is 0 Å². The highest BCUT2D eigenvalue weighted by Gasteiger charge is 2.06. The summed E-state index contributed by atoms with van der Waals surface area (Å²) in [4.78, 5) is 0. The maximum atomic E-state index is 13.0. The normalized spacial score (nSPS) is 10.3. The highest BCUT2D eigenvalue weighted by atomic mass is 35.5. The van der Waals surface area contributed by atoms with Gasteiger partial charge in [0.2, 0.25) is 0 Å².